The summed E-state index contributed by atoms with van der Waals surface area (Å²) in [5.74, 6) is -0.826. The Bertz CT molecular complexity index is 237. The predicted octanol–water partition coefficient (Wildman–Crippen LogP) is 1.26. The maximum Gasteiger partial charge on any atom is 0.328 e. The van der Waals surface area contributed by atoms with E-state index in [1.807, 2.05) is 6.08 Å². The molecule has 13 heavy (non-hydrogen) atoms. The fourth-order valence-electron chi connectivity index (χ4n) is 2.65. The van der Waals surface area contributed by atoms with Crippen molar-refractivity contribution in [3.63, 3.8) is 0 Å². The van der Waals surface area contributed by atoms with Gasteiger partial charge in [-0.2, -0.15) is 0 Å². The third-order valence-corrected chi connectivity index (χ3v) is 3.24. The van der Waals surface area contributed by atoms with Crippen LogP contribution in [0.5, 0.6) is 0 Å². The number of carboxylic acid groups (broad SMARTS) is 1. The summed E-state index contributed by atoms with van der Waals surface area (Å²) in [7, 11) is 0. The molecule has 2 rings (SSSR count). The number of carboxylic acids is 1. The van der Waals surface area contributed by atoms with E-state index >= 15 is 0 Å². The van der Waals surface area contributed by atoms with Crippen molar-refractivity contribution in [3.05, 3.63) is 12.2 Å². The lowest BCUT2D eigenvalue weighted by Crippen LogP contribution is -2.35. The third kappa shape index (κ3) is 1.48. The van der Waals surface area contributed by atoms with Crippen LogP contribution in [0.1, 0.15) is 25.7 Å². The largest absolute Gasteiger partial charge is 0.478 e. The first-order valence-corrected chi connectivity index (χ1v) is 4.90. The molecule has 3 nitrogen and oxygen atoms in total. The fraction of sp³-hybridized carbons (Fsp3) is 0.700. The smallest absolute Gasteiger partial charge is 0.328 e. The van der Waals surface area contributed by atoms with Crippen molar-refractivity contribution in [1.29, 1.82) is 0 Å². The second-order valence-corrected chi connectivity index (χ2v) is 3.97. The SMILES string of the molecule is O=C(O)C=CC12CCCN1CCC2. The molecule has 0 bridgehead atoms. The van der Waals surface area contributed by atoms with E-state index in [4.69, 9.17) is 5.11 Å². The molecule has 0 radical (unpaired) electrons. The molecule has 3 heteroatoms. The van der Waals surface area contributed by atoms with Crippen LogP contribution in [0.15, 0.2) is 12.2 Å². The van der Waals surface area contributed by atoms with Crippen LogP contribution in [-0.2, 0) is 4.79 Å². The topological polar surface area (TPSA) is 40.5 Å². The molecular formula is C10H15NO2. The van der Waals surface area contributed by atoms with Gasteiger partial charge in [0.1, 0.15) is 0 Å². The van der Waals surface area contributed by atoms with Crippen LogP contribution >= 0.6 is 0 Å². The number of nitrogens with zero attached hydrogens (tertiary/aromatic N) is 1. The van der Waals surface area contributed by atoms with Gasteiger partial charge in [0, 0.05) is 11.6 Å². The lowest BCUT2D eigenvalue weighted by atomic mass is 9.94. The van der Waals surface area contributed by atoms with Crippen LogP contribution < -0.4 is 0 Å². The van der Waals surface area contributed by atoms with Crippen molar-refractivity contribution < 1.29 is 9.90 Å². The Balaban J connectivity index is 2.13. The summed E-state index contributed by atoms with van der Waals surface area (Å²) in [6.07, 6.45) is 7.90. The van der Waals surface area contributed by atoms with Crippen molar-refractivity contribution >= 4 is 5.97 Å². The molecular weight excluding hydrogens is 166 g/mol. The zero-order valence-corrected chi connectivity index (χ0v) is 7.70. The van der Waals surface area contributed by atoms with Gasteiger partial charge in [0.15, 0.2) is 0 Å². The summed E-state index contributed by atoms with van der Waals surface area (Å²) >= 11 is 0. The molecule has 2 fully saturated rings. The average molecular weight is 181 g/mol. The number of aliphatic carboxylic acids is 1. The summed E-state index contributed by atoms with van der Waals surface area (Å²) in [4.78, 5) is 12.9. The van der Waals surface area contributed by atoms with Gasteiger partial charge in [0.2, 0.25) is 0 Å². The molecule has 0 aliphatic carbocycles. The summed E-state index contributed by atoms with van der Waals surface area (Å²) in [5.41, 5.74) is 0.110. The first kappa shape index (κ1) is 8.75. The Hall–Kier alpha value is -0.830. The number of hydrogen-bond donors (Lipinski definition) is 1. The van der Waals surface area contributed by atoms with Crippen molar-refractivity contribution in [1.82, 2.24) is 4.90 Å². The standard InChI is InChI=1S/C10H15NO2/c12-9(13)3-6-10-4-1-7-11(10)8-2-5-10/h3,6H,1-2,4-5,7-8H2,(H,12,13). The molecule has 0 spiro atoms. The molecule has 2 aliphatic heterocycles. The Morgan fingerprint density at radius 1 is 1.31 bits per heavy atom. The third-order valence-electron chi connectivity index (χ3n) is 3.24. The number of fused-ring (bicyclic) bond motifs is 1. The molecule has 0 amide bonds. The second kappa shape index (κ2) is 3.14. The molecule has 0 aromatic carbocycles. The van der Waals surface area contributed by atoms with Gasteiger partial charge in [0.05, 0.1) is 0 Å². The fourth-order valence-corrected chi connectivity index (χ4v) is 2.65. The quantitative estimate of drug-likeness (QED) is 0.652. The first-order chi connectivity index (χ1) is 6.23. The Morgan fingerprint density at radius 3 is 2.46 bits per heavy atom. The highest BCUT2D eigenvalue weighted by atomic mass is 16.4. The van der Waals surface area contributed by atoms with Gasteiger partial charge in [-0.25, -0.2) is 4.79 Å². The molecule has 2 heterocycles. The molecule has 2 saturated heterocycles. The lowest BCUT2D eigenvalue weighted by molar-refractivity contribution is -0.131. The van der Waals surface area contributed by atoms with E-state index in [2.05, 4.69) is 4.90 Å². The predicted molar refractivity (Wildman–Crippen MR) is 49.5 cm³/mol. The molecule has 72 valence electrons. The van der Waals surface area contributed by atoms with E-state index in [1.54, 1.807) is 0 Å². The highest BCUT2D eigenvalue weighted by molar-refractivity contribution is 5.80. The highest BCUT2D eigenvalue weighted by Gasteiger charge is 2.41. The number of hydrogen-bond acceptors (Lipinski definition) is 2. The number of rotatable bonds is 2. The van der Waals surface area contributed by atoms with Crippen LogP contribution in [-0.4, -0.2) is 34.6 Å². The van der Waals surface area contributed by atoms with E-state index in [1.165, 1.54) is 18.9 Å². The van der Waals surface area contributed by atoms with Gasteiger partial charge in [0.25, 0.3) is 0 Å². The first-order valence-electron chi connectivity index (χ1n) is 4.90. The second-order valence-electron chi connectivity index (χ2n) is 3.97. The minimum Gasteiger partial charge on any atom is -0.478 e. The monoisotopic (exact) mass is 181 g/mol. The maximum absolute atomic E-state index is 10.4. The average Bonchev–Trinajstić information content (AvgIpc) is 2.57. The van der Waals surface area contributed by atoms with E-state index < -0.39 is 5.97 Å². The van der Waals surface area contributed by atoms with Crippen molar-refractivity contribution in [2.24, 2.45) is 0 Å². The summed E-state index contributed by atoms with van der Waals surface area (Å²) in [6.45, 7) is 2.29. The number of carbonyl (C=O) groups is 1. The normalized spacial score (nSPS) is 26.8. The van der Waals surface area contributed by atoms with Crippen LogP contribution in [0.4, 0.5) is 0 Å². The molecule has 1 N–H and O–H groups in total. The molecule has 0 aromatic rings. The van der Waals surface area contributed by atoms with Crippen LogP contribution in [0.25, 0.3) is 0 Å². The van der Waals surface area contributed by atoms with E-state index in [-0.39, 0.29) is 5.54 Å². The van der Waals surface area contributed by atoms with Crippen molar-refractivity contribution in [3.8, 4) is 0 Å². The highest BCUT2D eigenvalue weighted by Crippen LogP contribution is 2.39. The van der Waals surface area contributed by atoms with Crippen LogP contribution in [0.2, 0.25) is 0 Å². The summed E-state index contributed by atoms with van der Waals surface area (Å²) < 4.78 is 0. The Kier molecular flexibility index (Phi) is 2.12. The van der Waals surface area contributed by atoms with E-state index in [9.17, 15) is 4.79 Å². The Labute approximate surface area is 78.0 Å². The van der Waals surface area contributed by atoms with Gasteiger partial charge >= 0.3 is 5.97 Å². The zero-order chi connectivity index (χ0) is 9.31. The maximum atomic E-state index is 10.4. The Morgan fingerprint density at radius 2 is 1.92 bits per heavy atom. The van der Waals surface area contributed by atoms with Crippen molar-refractivity contribution in [2.75, 3.05) is 13.1 Å². The van der Waals surface area contributed by atoms with Gasteiger partial charge in [-0.05, 0) is 38.8 Å². The van der Waals surface area contributed by atoms with Crippen LogP contribution in [0.3, 0.4) is 0 Å². The van der Waals surface area contributed by atoms with Gasteiger partial charge in [-0.3, -0.25) is 4.90 Å². The van der Waals surface area contributed by atoms with Crippen molar-refractivity contribution in [2.45, 2.75) is 31.2 Å². The van der Waals surface area contributed by atoms with Gasteiger partial charge in [-0.15, -0.1) is 0 Å². The summed E-state index contributed by atoms with van der Waals surface area (Å²) in [6, 6.07) is 0. The zero-order valence-electron chi connectivity index (χ0n) is 7.70. The minimum atomic E-state index is -0.826. The van der Waals surface area contributed by atoms with Gasteiger partial charge < -0.3 is 5.11 Å². The molecule has 0 aromatic heterocycles. The molecule has 0 unspecified atom stereocenters. The molecule has 2 aliphatic rings. The minimum absolute atomic E-state index is 0.110. The lowest BCUT2D eigenvalue weighted by Gasteiger charge is -2.28. The molecule has 0 atom stereocenters. The van der Waals surface area contributed by atoms with E-state index in [0.717, 1.165) is 25.9 Å². The molecule has 0 saturated carbocycles. The van der Waals surface area contributed by atoms with Crippen LogP contribution in [0, 0.1) is 0 Å². The summed E-state index contributed by atoms with van der Waals surface area (Å²) in [5, 5.41) is 8.59. The van der Waals surface area contributed by atoms with Gasteiger partial charge in [-0.1, -0.05) is 6.08 Å². The van der Waals surface area contributed by atoms with E-state index in [0.29, 0.717) is 0 Å².